The van der Waals surface area contributed by atoms with Crippen molar-refractivity contribution in [3.63, 3.8) is 0 Å². The molecule has 4 rings (SSSR count). The summed E-state index contributed by atoms with van der Waals surface area (Å²) in [5, 5.41) is 6.29. The Morgan fingerprint density at radius 3 is 2.48 bits per heavy atom. The van der Waals surface area contributed by atoms with Crippen LogP contribution in [0.15, 0.2) is 53.5 Å². The number of ether oxygens (including phenoxy) is 2. The lowest BCUT2D eigenvalue weighted by Crippen LogP contribution is -2.62. The third-order valence-corrected chi connectivity index (χ3v) is 7.37. The van der Waals surface area contributed by atoms with Crippen LogP contribution in [-0.2, 0) is 26.4 Å². The summed E-state index contributed by atoms with van der Waals surface area (Å²) in [5.41, 5.74) is 0.0223. The number of nitrogens with one attached hydrogen (secondary N) is 2. The molecule has 1 aliphatic carbocycles. The first-order chi connectivity index (χ1) is 18.9. The molecule has 214 valence electrons. The number of halogens is 1. The molecular weight excluding hydrogens is 532 g/mol. The van der Waals surface area contributed by atoms with Crippen LogP contribution in [0.5, 0.6) is 0 Å². The summed E-state index contributed by atoms with van der Waals surface area (Å²) in [6.45, 7) is 7.22. The molecular formula is C30H37ClN4O5. The lowest BCUT2D eigenvalue weighted by molar-refractivity contribution is -0.132. The minimum Gasteiger partial charge on any atom is -0.444 e. The average molecular weight is 569 g/mol. The van der Waals surface area contributed by atoms with Crippen molar-refractivity contribution in [1.29, 1.82) is 0 Å². The second kappa shape index (κ2) is 12.3. The highest BCUT2D eigenvalue weighted by Gasteiger charge is 2.44. The first-order valence-electron chi connectivity index (χ1n) is 13.6. The van der Waals surface area contributed by atoms with Crippen LogP contribution in [0.2, 0.25) is 5.02 Å². The van der Waals surface area contributed by atoms with Gasteiger partial charge in [0.25, 0.3) is 0 Å². The summed E-state index contributed by atoms with van der Waals surface area (Å²) in [4.78, 5) is 44.8. The van der Waals surface area contributed by atoms with Crippen molar-refractivity contribution in [2.24, 2.45) is 4.99 Å². The van der Waals surface area contributed by atoms with E-state index in [2.05, 4.69) is 15.6 Å². The van der Waals surface area contributed by atoms with Crippen molar-refractivity contribution in [2.75, 3.05) is 5.32 Å². The lowest BCUT2D eigenvalue weighted by atomic mass is 9.84. The van der Waals surface area contributed by atoms with Gasteiger partial charge in [0.05, 0.1) is 22.7 Å². The number of carbonyl (C=O) groups excluding carboxylic acids is 3. The quantitative estimate of drug-likeness (QED) is 0.413. The smallest absolute Gasteiger partial charge is 0.437 e. The van der Waals surface area contributed by atoms with Crippen LogP contribution in [0, 0.1) is 0 Å². The van der Waals surface area contributed by atoms with Gasteiger partial charge in [-0.15, -0.1) is 4.99 Å². The Labute approximate surface area is 240 Å². The van der Waals surface area contributed by atoms with Crippen LogP contribution in [0.3, 0.4) is 0 Å². The third-order valence-electron chi connectivity index (χ3n) is 6.96. The summed E-state index contributed by atoms with van der Waals surface area (Å²) < 4.78 is 10.8. The van der Waals surface area contributed by atoms with Gasteiger partial charge in [0.2, 0.25) is 11.9 Å². The Morgan fingerprint density at radius 1 is 1.10 bits per heavy atom. The standard InChI is InChI=1S/C30H37ClN4O5/c1-29(2,3)40-28(38)33-26-34-30(4,18-24(36)35(26)21-14-9-6-10-15-21)22-16-11-17-23(25(22)31)32-27(37)39-19-20-12-7-5-8-13-20/h5,7-8,11-13,16-17,21H,6,9-10,14-15,18-19H2,1-4H3,(H,32,37)(H,33,34,38)/t30-/m0/s1. The Morgan fingerprint density at radius 2 is 1.80 bits per heavy atom. The fourth-order valence-electron chi connectivity index (χ4n) is 5.11. The van der Waals surface area contributed by atoms with Crippen molar-refractivity contribution in [1.82, 2.24) is 10.2 Å². The van der Waals surface area contributed by atoms with Crippen LogP contribution in [0.25, 0.3) is 0 Å². The maximum absolute atomic E-state index is 13.7. The summed E-state index contributed by atoms with van der Waals surface area (Å²) >= 11 is 6.80. The van der Waals surface area contributed by atoms with Crippen LogP contribution in [0.4, 0.5) is 15.3 Å². The van der Waals surface area contributed by atoms with Gasteiger partial charge in [-0.3, -0.25) is 15.0 Å². The minimum absolute atomic E-state index is 0.0534. The maximum atomic E-state index is 13.7. The molecule has 1 aliphatic heterocycles. The maximum Gasteiger partial charge on any atom is 0.437 e. The fourth-order valence-corrected chi connectivity index (χ4v) is 5.49. The van der Waals surface area contributed by atoms with Crippen LogP contribution >= 0.6 is 11.6 Å². The van der Waals surface area contributed by atoms with E-state index in [1.54, 1.807) is 43.9 Å². The number of benzene rings is 2. The molecule has 0 radical (unpaired) electrons. The molecule has 3 amide bonds. The van der Waals surface area contributed by atoms with E-state index in [9.17, 15) is 14.4 Å². The SMILES string of the molecule is CC(C)(C)OC(=O)N=C1N[C@](C)(c2cccc(NC(=O)OCc3ccccc3)c2Cl)CC(=O)N1C1CCCCC1. The third kappa shape index (κ3) is 7.33. The molecule has 0 spiro atoms. The van der Waals surface area contributed by atoms with Crippen LogP contribution in [-0.4, -0.2) is 40.6 Å². The van der Waals surface area contributed by atoms with Crippen molar-refractivity contribution in [2.45, 2.75) is 90.0 Å². The Balaban J connectivity index is 1.58. The molecule has 1 saturated carbocycles. The van der Waals surface area contributed by atoms with Crippen molar-refractivity contribution >= 4 is 41.3 Å². The zero-order valence-electron chi connectivity index (χ0n) is 23.5. The molecule has 2 fully saturated rings. The number of aliphatic imine (C=N–C) groups is 1. The van der Waals surface area contributed by atoms with Gasteiger partial charge >= 0.3 is 12.2 Å². The predicted molar refractivity (Wildman–Crippen MR) is 154 cm³/mol. The number of nitrogens with zero attached hydrogens (tertiary/aromatic N) is 2. The highest BCUT2D eigenvalue weighted by atomic mass is 35.5. The van der Waals surface area contributed by atoms with Crippen molar-refractivity contribution in [3.05, 3.63) is 64.7 Å². The lowest BCUT2D eigenvalue weighted by Gasteiger charge is -2.45. The summed E-state index contributed by atoms with van der Waals surface area (Å²) in [5.74, 6) is -0.0104. The minimum atomic E-state index is -1.01. The average Bonchev–Trinajstić information content (AvgIpc) is 2.88. The number of guanidine groups is 1. The Bertz CT molecular complexity index is 1270. The molecule has 1 saturated heterocycles. The molecule has 2 aromatic carbocycles. The molecule has 0 unspecified atom stereocenters. The molecule has 1 atom stereocenters. The van der Waals surface area contributed by atoms with Gasteiger partial charge < -0.3 is 14.8 Å². The van der Waals surface area contributed by atoms with Gasteiger partial charge in [0.1, 0.15) is 12.2 Å². The van der Waals surface area contributed by atoms with Crippen LogP contribution in [0.1, 0.15) is 77.3 Å². The normalized spacial score (nSPS) is 21.1. The van der Waals surface area contributed by atoms with E-state index in [1.165, 1.54) is 0 Å². The number of rotatable bonds is 5. The largest absolute Gasteiger partial charge is 0.444 e. The van der Waals surface area contributed by atoms with Crippen molar-refractivity contribution < 1.29 is 23.9 Å². The van der Waals surface area contributed by atoms with E-state index in [-0.39, 0.29) is 36.0 Å². The monoisotopic (exact) mass is 568 g/mol. The van der Waals surface area contributed by atoms with E-state index < -0.39 is 23.3 Å². The highest BCUT2D eigenvalue weighted by molar-refractivity contribution is 6.34. The molecule has 1 heterocycles. The number of carbonyl (C=O) groups is 3. The number of amides is 3. The molecule has 2 aliphatic rings. The summed E-state index contributed by atoms with van der Waals surface area (Å²) in [7, 11) is 0. The van der Waals surface area contributed by atoms with E-state index in [4.69, 9.17) is 21.1 Å². The van der Waals surface area contributed by atoms with Gasteiger partial charge in [-0.25, -0.2) is 9.59 Å². The number of hydrogen-bond acceptors (Lipinski definition) is 5. The van der Waals surface area contributed by atoms with Gasteiger partial charge in [0, 0.05) is 6.04 Å². The Kier molecular flexibility index (Phi) is 9.03. The van der Waals surface area contributed by atoms with Crippen molar-refractivity contribution in [3.8, 4) is 0 Å². The van der Waals surface area contributed by atoms with Gasteiger partial charge in [-0.2, -0.15) is 0 Å². The summed E-state index contributed by atoms with van der Waals surface area (Å²) in [6, 6.07) is 14.5. The van der Waals surface area contributed by atoms with E-state index in [1.807, 2.05) is 37.3 Å². The zero-order chi connectivity index (χ0) is 28.9. The van der Waals surface area contributed by atoms with E-state index >= 15 is 0 Å². The van der Waals surface area contributed by atoms with Gasteiger partial charge in [0.15, 0.2) is 0 Å². The second-order valence-corrected chi connectivity index (χ2v) is 11.8. The molecule has 0 bridgehead atoms. The van der Waals surface area contributed by atoms with Gasteiger partial charge in [-0.05, 0) is 57.7 Å². The Hall–Kier alpha value is -3.59. The predicted octanol–water partition coefficient (Wildman–Crippen LogP) is 6.75. The fraction of sp³-hybridized carbons (Fsp3) is 0.467. The van der Waals surface area contributed by atoms with E-state index in [0.29, 0.717) is 11.3 Å². The zero-order valence-corrected chi connectivity index (χ0v) is 24.2. The molecule has 40 heavy (non-hydrogen) atoms. The van der Waals surface area contributed by atoms with Crippen LogP contribution < -0.4 is 10.6 Å². The molecule has 9 nitrogen and oxygen atoms in total. The molecule has 0 aromatic heterocycles. The first-order valence-corrected chi connectivity index (χ1v) is 14.0. The van der Waals surface area contributed by atoms with E-state index in [0.717, 1.165) is 37.7 Å². The summed E-state index contributed by atoms with van der Waals surface area (Å²) in [6.07, 6.45) is 3.44. The second-order valence-electron chi connectivity index (χ2n) is 11.5. The topological polar surface area (TPSA) is 109 Å². The first kappa shape index (κ1) is 29.4. The van der Waals surface area contributed by atoms with Gasteiger partial charge in [-0.1, -0.05) is 73.3 Å². The highest BCUT2D eigenvalue weighted by Crippen LogP contribution is 2.39. The number of hydrogen-bond donors (Lipinski definition) is 2. The molecule has 2 N–H and O–H groups in total. The molecule has 10 heteroatoms. The number of anilines is 1. The molecule has 2 aromatic rings.